The molecular formula is C12H22N6. The molecule has 0 bridgehead atoms. The van der Waals surface area contributed by atoms with Gasteiger partial charge in [0, 0.05) is 30.9 Å². The van der Waals surface area contributed by atoms with E-state index in [4.69, 9.17) is 5.84 Å². The van der Waals surface area contributed by atoms with Gasteiger partial charge < -0.3 is 9.80 Å². The van der Waals surface area contributed by atoms with E-state index in [1.807, 2.05) is 13.0 Å². The molecule has 6 nitrogen and oxygen atoms in total. The summed E-state index contributed by atoms with van der Waals surface area (Å²) >= 11 is 0. The van der Waals surface area contributed by atoms with Crippen LogP contribution in [0, 0.1) is 6.92 Å². The molecular weight excluding hydrogens is 228 g/mol. The zero-order valence-corrected chi connectivity index (χ0v) is 11.3. The lowest BCUT2D eigenvalue weighted by Crippen LogP contribution is -2.45. The summed E-state index contributed by atoms with van der Waals surface area (Å²) in [7, 11) is 4.26. The second-order valence-corrected chi connectivity index (χ2v) is 5.04. The molecule has 18 heavy (non-hydrogen) atoms. The Labute approximate surface area is 108 Å². The van der Waals surface area contributed by atoms with E-state index in [0.29, 0.717) is 12.0 Å². The SMILES string of the molecule is Cc1cc(N2CCCC(N(C)C)C2)nc(NN)n1. The Kier molecular flexibility index (Phi) is 3.98. The monoisotopic (exact) mass is 250 g/mol. The summed E-state index contributed by atoms with van der Waals surface area (Å²) in [5.41, 5.74) is 3.45. The molecule has 0 amide bonds. The van der Waals surface area contributed by atoms with Crippen LogP contribution in [0.2, 0.25) is 0 Å². The second-order valence-electron chi connectivity index (χ2n) is 5.04. The van der Waals surface area contributed by atoms with E-state index in [1.165, 1.54) is 12.8 Å². The molecule has 2 rings (SSSR count). The molecule has 0 aromatic carbocycles. The summed E-state index contributed by atoms with van der Waals surface area (Å²) in [4.78, 5) is 13.2. The number of rotatable bonds is 3. The van der Waals surface area contributed by atoms with Gasteiger partial charge in [-0.3, -0.25) is 5.43 Å². The smallest absolute Gasteiger partial charge is 0.239 e. The molecule has 2 heterocycles. The molecule has 0 aliphatic carbocycles. The first-order valence-electron chi connectivity index (χ1n) is 6.34. The van der Waals surface area contributed by atoms with Crippen molar-refractivity contribution in [1.82, 2.24) is 14.9 Å². The van der Waals surface area contributed by atoms with Crippen LogP contribution in [-0.4, -0.2) is 48.1 Å². The Morgan fingerprint density at radius 2 is 2.22 bits per heavy atom. The maximum Gasteiger partial charge on any atom is 0.239 e. The van der Waals surface area contributed by atoms with Crippen molar-refractivity contribution in [2.45, 2.75) is 25.8 Å². The van der Waals surface area contributed by atoms with Crippen LogP contribution in [0.4, 0.5) is 11.8 Å². The van der Waals surface area contributed by atoms with Crippen LogP contribution in [-0.2, 0) is 0 Å². The number of nitrogens with one attached hydrogen (secondary N) is 1. The van der Waals surface area contributed by atoms with Gasteiger partial charge in [0.2, 0.25) is 5.95 Å². The van der Waals surface area contributed by atoms with E-state index in [1.54, 1.807) is 0 Å². The number of piperidine rings is 1. The van der Waals surface area contributed by atoms with E-state index in [2.05, 4.69) is 39.3 Å². The van der Waals surface area contributed by atoms with Gasteiger partial charge in [-0.05, 0) is 33.9 Å². The molecule has 100 valence electrons. The van der Waals surface area contributed by atoms with Crippen LogP contribution in [0.3, 0.4) is 0 Å². The molecule has 1 aromatic heterocycles. The number of nitrogen functional groups attached to an aromatic ring is 1. The molecule has 0 spiro atoms. The Balaban J connectivity index is 2.17. The number of likely N-dealkylation sites (N-methyl/N-ethyl adjacent to an activating group) is 1. The van der Waals surface area contributed by atoms with Gasteiger partial charge in [-0.25, -0.2) is 10.8 Å². The third-order valence-corrected chi connectivity index (χ3v) is 3.42. The van der Waals surface area contributed by atoms with Gasteiger partial charge >= 0.3 is 0 Å². The molecule has 1 unspecified atom stereocenters. The highest BCUT2D eigenvalue weighted by molar-refractivity contribution is 5.45. The summed E-state index contributed by atoms with van der Waals surface area (Å²) in [5.74, 6) is 6.83. The summed E-state index contributed by atoms with van der Waals surface area (Å²) in [6, 6.07) is 2.60. The van der Waals surface area contributed by atoms with E-state index in [0.717, 1.165) is 24.6 Å². The molecule has 1 aromatic rings. The summed E-state index contributed by atoms with van der Waals surface area (Å²) in [5, 5.41) is 0. The predicted octanol–water partition coefficient (Wildman–Crippen LogP) is 0.601. The first-order valence-corrected chi connectivity index (χ1v) is 6.34. The minimum Gasteiger partial charge on any atom is -0.355 e. The molecule has 1 atom stereocenters. The summed E-state index contributed by atoms with van der Waals surface area (Å²) in [6.07, 6.45) is 2.44. The fourth-order valence-corrected chi connectivity index (χ4v) is 2.36. The van der Waals surface area contributed by atoms with Crippen molar-refractivity contribution in [2.24, 2.45) is 5.84 Å². The number of aryl methyl sites for hydroxylation is 1. The van der Waals surface area contributed by atoms with Crippen LogP contribution < -0.4 is 16.2 Å². The lowest BCUT2D eigenvalue weighted by atomic mass is 10.1. The van der Waals surface area contributed by atoms with Gasteiger partial charge in [0.05, 0.1) is 0 Å². The third kappa shape index (κ3) is 2.88. The van der Waals surface area contributed by atoms with Crippen molar-refractivity contribution < 1.29 is 0 Å². The number of hydrogen-bond acceptors (Lipinski definition) is 6. The first kappa shape index (κ1) is 13.0. The van der Waals surface area contributed by atoms with Crippen LogP contribution in [0.1, 0.15) is 18.5 Å². The quantitative estimate of drug-likeness (QED) is 0.605. The van der Waals surface area contributed by atoms with E-state index in [-0.39, 0.29) is 0 Å². The first-order chi connectivity index (χ1) is 8.60. The van der Waals surface area contributed by atoms with Gasteiger partial charge in [0.15, 0.2) is 0 Å². The lowest BCUT2D eigenvalue weighted by molar-refractivity contribution is 0.257. The molecule has 0 saturated carbocycles. The van der Waals surface area contributed by atoms with E-state index >= 15 is 0 Å². The van der Waals surface area contributed by atoms with Gasteiger partial charge in [-0.1, -0.05) is 0 Å². The topological polar surface area (TPSA) is 70.3 Å². The van der Waals surface area contributed by atoms with Crippen molar-refractivity contribution >= 4 is 11.8 Å². The van der Waals surface area contributed by atoms with Crippen molar-refractivity contribution in [1.29, 1.82) is 0 Å². The van der Waals surface area contributed by atoms with Crippen molar-refractivity contribution in [3.63, 3.8) is 0 Å². The van der Waals surface area contributed by atoms with Crippen molar-refractivity contribution in [3.8, 4) is 0 Å². The Morgan fingerprint density at radius 3 is 2.89 bits per heavy atom. The zero-order chi connectivity index (χ0) is 13.1. The third-order valence-electron chi connectivity index (χ3n) is 3.42. The molecule has 1 aliphatic heterocycles. The van der Waals surface area contributed by atoms with Gasteiger partial charge in [0.25, 0.3) is 0 Å². The number of anilines is 2. The second kappa shape index (κ2) is 5.49. The van der Waals surface area contributed by atoms with E-state index in [9.17, 15) is 0 Å². The lowest BCUT2D eigenvalue weighted by Gasteiger charge is -2.36. The molecule has 3 N–H and O–H groups in total. The minimum atomic E-state index is 0.483. The fourth-order valence-electron chi connectivity index (χ4n) is 2.36. The van der Waals surface area contributed by atoms with Gasteiger partial charge in [-0.15, -0.1) is 0 Å². The number of nitrogens with zero attached hydrogens (tertiary/aromatic N) is 4. The largest absolute Gasteiger partial charge is 0.355 e. The molecule has 1 aliphatic rings. The average Bonchev–Trinajstić information content (AvgIpc) is 2.38. The predicted molar refractivity (Wildman–Crippen MR) is 73.5 cm³/mol. The molecule has 1 fully saturated rings. The van der Waals surface area contributed by atoms with Gasteiger partial charge in [0.1, 0.15) is 5.82 Å². The Bertz CT molecular complexity index is 406. The van der Waals surface area contributed by atoms with Crippen LogP contribution >= 0.6 is 0 Å². The highest BCUT2D eigenvalue weighted by Gasteiger charge is 2.22. The highest BCUT2D eigenvalue weighted by Crippen LogP contribution is 2.21. The fraction of sp³-hybridized carbons (Fsp3) is 0.667. The van der Waals surface area contributed by atoms with Gasteiger partial charge in [-0.2, -0.15) is 4.98 Å². The van der Waals surface area contributed by atoms with E-state index < -0.39 is 0 Å². The normalized spacial score (nSPS) is 20.3. The number of nitrogens with two attached hydrogens (primary N) is 1. The summed E-state index contributed by atoms with van der Waals surface area (Å²) in [6.45, 7) is 4.01. The molecule has 6 heteroatoms. The summed E-state index contributed by atoms with van der Waals surface area (Å²) < 4.78 is 0. The Hall–Kier alpha value is -1.40. The van der Waals surface area contributed by atoms with Crippen LogP contribution in [0.25, 0.3) is 0 Å². The highest BCUT2D eigenvalue weighted by atomic mass is 15.3. The number of hydrazine groups is 1. The molecule has 0 radical (unpaired) electrons. The van der Waals surface area contributed by atoms with Crippen LogP contribution in [0.15, 0.2) is 6.07 Å². The standard InChI is InChI=1S/C12H22N6/c1-9-7-11(15-12(14-9)16-13)18-6-4-5-10(8-18)17(2)3/h7,10H,4-6,8,13H2,1-3H3,(H,14,15,16). The van der Waals surface area contributed by atoms with Crippen LogP contribution in [0.5, 0.6) is 0 Å². The zero-order valence-electron chi connectivity index (χ0n) is 11.3. The molecule has 1 saturated heterocycles. The van der Waals surface area contributed by atoms with Crippen molar-refractivity contribution in [3.05, 3.63) is 11.8 Å². The maximum atomic E-state index is 5.39. The van der Waals surface area contributed by atoms with Crippen molar-refractivity contribution in [2.75, 3.05) is 37.5 Å². The maximum absolute atomic E-state index is 5.39. The minimum absolute atomic E-state index is 0.483. The number of hydrogen-bond donors (Lipinski definition) is 2. The Morgan fingerprint density at radius 1 is 1.44 bits per heavy atom. The average molecular weight is 250 g/mol. The number of aromatic nitrogens is 2.